The van der Waals surface area contributed by atoms with E-state index < -0.39 is 5.97 Å². The second-order valence-corrected chi connectivity index (χ2v) is 5.96. The van der Waals surface area contributed by atoms with Gasteiger partial charge in [0.05, 0.1) is 15.8 Å². The molecule has 1 aromatic heterocycles. The highest BCUT2D eigenvalue weighted by molar-refractivity contribution is 9.10. The monoisotopic (exact) mass is 333 g/mol. The number of carboxylic acid groups (broad SMARTS) is 1. The molecule has 2 aromatic carbocycles. The number of carbonyl (C=O) groups is 1. The first-order valence-electron chi connectivity index (χ1n) is 5.53. The van der Waals surface area contributed by atoms with Gasteiger partial charge >= 0.3 is 5.97 Å². The molecule has 1 heterocycles. The summed E-state index contributed by atoms with van der Waals surface area (Å²) in [4.78, 5) is 15.4. The largest absolute Gasteiger partial charge is 0.478 e. The van der Waals surface area contributed by atoms with Crippen molar-refractivity contribution in [1.29, 1.82) is 0 Å². The number of halogens is 1. The Kier molecular flexibility index (Phi) is 3.08. The molecule has 3 rings (SSSR count). The van der Waals surface area contributed by atoms with Crippen LogP contribution in [0, 0.1) is 0 Å². The standard InChI is InChI=1S/C14H8BrNO2S/c15-10-5-6-12-11(7-10)16-13(19-12)8-1-3-9(4-2-8)14(17)18/h1-7H,(H,17,18). The predicted octanol–water partition coefficient (Wildman–Crippen LogP) is 4.42. The minimum absolute atomic E-state index is 0.285. The molecule has 0 fully saturated rings. The molecule has 5 heteroatoms. The fraction of sp³-hybridized carbons (Fsp3) is 0. The van der Waals surface area contributed by atoms with Crippen molar-refractivity contribution in [3.05, 3.63) is 52.5 Å². The van der Waals surface area contributed by atoms with Crippen LogP contribution in [0.4, 0.5) is 0 Å². The molecule has 0 radical (unpaired) electrons. The highest BCUT2D eigenvalue weighted by Gasteiger charge is 2.08. The third kappa shape index (κ3) is 2.39. The Labute approximate surface area is 121 Å². The molecule has 0 spiro atoms. The van der Waals surface area contributed by atoms with Crippen LogP contribution in [0.25, 0.3) is 20.8 Å². The third-order valence-corrected chi connectivity index (χ3v) is 4.31. The van der Waals surface area contributed by atoms with Crippen LogP contribution in [0.2, 0.25) is 0 Å². The summed E-state index contributed by atoms with van der Waals surface area (Å²) >= 11 is 5.02. The molecule has 0 bridgehead atoms. The molecule has 0 aliphatic carbocycles. The Bertz CT molecular complexity index is 765. The lowest BCUT2D eigenvalue weighted by Crippen LogP contribution is -1.94. The molecule has 0 saturated heterocycles. The molecule has 1 N–H and O–H groups in total. The zero-order chi connectivity index (χ0) is 13.4. The van der Waals surface area contributed by atoms with Crippen LogP contribution in [0.5, 0.6) is 0 Å². The van der Waals surface area contributed by atoms with Gasteiger partial charge in [-0.1, -0.05) is 28.1 Å². The summed E-state index contributed by atoms with van der Waals surface area (Å²) in [5.74, 6) is -0.917. The maximum atomic E-state index is 10.8. The number of aromatic carboxylic acids is 1. The Morgan fingerprint density at radius 2 is 1.89 bits per heavy atom. The van der Waals surface area contributed by atoms with Crippen molar-refractivity contribution in [1.82, 2.24) is 4.98 Å². The number of nitrogens with zero attached hydrogens (tertiary/aromatic N) is 1. The number of hydrogen-bond donors (Lipinski definition) is 1. The molecule has 0 atom stereocenters. The van der Waals surface area contributed by atoms with Crippen LogP contribution < -0.4 is 0 Å². The average molecular weight is 334 g/mol. The van der Waals surface area contributed by atoms with E-state index in [2.05, 4.69) is 20.9 Å². The summed E-state index contributed by atoms with van der Waals surface area (Å²) in [6.45, 7) is 0. The maximum Gasteiger partial charge on any atom is 0.335 e. The highest BCUT2D eigenvalue weighted by Crippen LogP contribution is 2.31. The van der Waals surface area contributed by atoms with Crippen LogP contribution in [0.3, 0.4) is 0 Å². The molecule has 3 aromatic rings. The Morgan fingerprint density at radius 3 is 2.58 bits per heavy atom. The van der Waals surface area contributed by atoms with Gasteiger partial charge in [-0.2, -0.15) is 0 Å². The van der Waals surface area contributed by atoms with Gasteiger partial charge in [-0.05, 0) is 30.3 Å². The average Bonchev–Trinajstić information content (AvgIpc) is 2.81. The number of rotatable bonds is 2. The predicted molar refractivity (Wildman–Crippen MR) is 79.7 cm³/mol. The summed E-state index contributed by atoms with van der Waals surface area (Å²) in [6.07, 6.45) is 0. The molecule has 0 saturated carbocycles. The summed E-state index contributed by atoms with van der Waals surface area (Å²) in [7, 11) is 0. The van der Waals surface area contributed by atoms with E-state index in [0.717, 1.165) is 25.3 Å². The van der Waals surface area contributed by atoms with E-state index in [1.165, 1.54) is 0 Å². The minimum atomic E-state index is -0.917. The van der Waals surface area contributed by atoms with E-state index in [1.54, 1.807) is 35.6 Å². The van der Waals surface area contributed by atoms with Crippen molar-refractivity contribution in [3.63, 3.8) is 0 Å². The van der Waals surface area contributed by atoms with Crippen LogP contribution >= 0.6 is 27.3 Å². The first kappa shape index (κ1) is 12.3. The number of hydrogen-bond acceptors (Lipinski definition) is 3. The van der Waals surface area contributed by atoms with Gasteiger partial charge in [-0.25, -0.2) is 9.78 Å². The molecule has 0 unspecified atom stereocenters. The summed E-state index contributed by atoms with van der Waals surface area (Å²) in [5, 5.41) is 9.77. The lowest BCUT2D eigenvalue weighted by Gasteiger charge is -1.97. The van der Waals surface area contributed by atoms with Crippen LogP contribution in [-0.4, -0.2) is 16.1 Å². The number of fused-ring (bicyclic) bond motifs is 1. The van der Waals surface area contributed by atoms with Gasteiger partial charge < -0.3 is 5.11 Å². The first-order chi connectivity index (χ1) is 9.13. The van der Waals surface area contributed by atoms with Crippen molar-refractivity contribution in [2.24, 2.45) is 0 Å². The van der Waals surface area contributed by atoms with E-state index in [0.29, 0.717) is 0 Å². The molecule has 19 heavy (non-hydrogen) atoms. The quantitative estimate of drug-likeness (QED) is 0.754. The molecule has 0 aliphatic rings. The summed E-state index contributed by atoms with van der Waals surface area (Å²) < 4.78 is 2.11. The van der Waals surface area contributed by atoms with Gasteiger partial charge in [0, 0.05) is 10.0 Å². The van der Waals surface area contributed by atoms with E-state index >= 15 is 0 Å². The van der Waals surface area contributed by atoms with Crippen LogP contribution in [0.1, 0.15) is 10.4 Å². The lowest BCUT2D eigenvalue weighted by atomic mass is 10.1. The lowest BCUT2D eigenvalue weighted by molar-refractivity contribution is 0.0697. The van der Waals surface area contributed by atoms with Gasteiger partial charge in [-0.15, -0.1) is 11.3 Å². The van der Waals surface area contributed by atoms with Crippen molar-refractivity contribution in [2.45, 2.75) is 0 Å². The summed E-state index contributed by atoms with van der Waals surface area (Å²) in [6, 6.07) is 12.7. The number of carboxylic acids is 1. The van der Waals surface area contributed by atoms with E-state index in [-0.39, 0.29) is 5.56 Å². The highest BCUT2D eigenvalue weighted by atomic mass is 79.9. The molecule has 0 amide bonds. The first-order valence-corrected chi connectivity index (χ1v) is 7.14. The molecular formula is C14H8BrNO2S. The normalized spacial score (nSPS) is 10.8. The van der Waals surface area contributed by atoms with Gasteiger partial charge in [0.25, 0.3) is 0 Å². The van der Waals surface area contributed by atoms with Crippen molar-refractivity contribution >= 4 is 43.5 Å². The smallest absolute Gasteiger partial charge is 0.335 e. The second-order valence-electron chi connectivity index (χ2n) is 4.01. The molecular weight excluding hydrogens is 326 g/mol. The number of benzene rings is 2. The van der Waals surface area contributed by atoms with Crippen molar-refractivity contribution in [2.75, 3.05) is 0 Å². The van der Waals surface area contributed by atoms with E-state index in [4.69, 9.17) is 5.11 Å². The van der Waals surface area contributed by atoms with E-state index in [1.807, 2.05) is 18.2 Å². The fourth-order valence-electron chi connectivity index (χ4n) is 1.78. The van der Waals surface area contributed by atoms with E-state index in [9.17, 15) is 4.79 Å². The Hall–Kier alpha value is -1.72. The van der Waals surface area contributed by atoms with Gasteiger partial charge in [-0.3, -0.25) is 0 Å². The number of aromatic nitrogens is 1. The van der Waals surface area contributed by atoms with Gasteiger partial charge in [0.15, 0.2) is 0 Å². The fourth-order valence-corrected chi connectivity index (χ4v) is 3.08. The molecule has 0 aliphatic heterocycles. The topological polar surface area (TPSA) is 50.2 Å². The molecule has 3 nitrogen and oxygen atoms in total. The SMILES string of the molecule is O=C(O)c1ccc(-c2nc3cc(Br)ccc3s2)cc1. The van der Waals surface area contributed by atoms with Crippen molar-refractivity contribution in [3.8, 4) is 10.6 Å². The van der Waals surface area contributed by atoms with Gasteiger partial charge in [0.1, 0.15) is 5.01 Å². The van der Waals surface area contributed by atoms with Crippen LogP contribution in [0.15, 0.2) is 46.9 Å². The Morgan fingerprint density at radius 1 is 1.16 bits per heavy atom. The zero-order valence-corrected chi connectivity index (χ0v) is 12.0. The van der Waals surface area contributed by atoms with Crippen LogP contribution in [-0.2, 0) is 0 Å². The molecule has 94 valence electrons. The Balaban J connectivity index is 2.06. The second kappa shape index (κ2) is 4.75. The third-order valence-electron chi connectivity index (χ3n) is 2.73. The minimum Gasteiger partial charge on any atom is -0.478 e. The number of thiazole rings is 1. The van der Waals surface area contributed by atoms with Crippen molar-refractivity contribution < 1.29 is 9.90 Å². The maximum absolute atomic E-state index is 10.8. The van der Waals surface area contributed by atoms with Gasteiger partial charge in [0.2, 0.25) is 0 Å². The zero-order valence-electron chi connectivity index (χ0n) is 9.63. The summed E-state index contributed by atoms with van der Waals surface area (Å²) in [5.41, 5.74) is 2.16.